The Hall–Kier alpha value is -3.00. The number of aromatic nitrogens is 3. The molecule has 0 radical (unpaired) electrons. The Morgan fingerprint density at radius 2 is 1.86 bits per heavy atom. The van der Waals surface area contributed by atoms with Gasteiger partial charge in [-0.2, -0.15) is 13.2 Å². The number of hydrogen-bond acceptors (Lipinski definition) is 4. The van der Waals surface area contributed by atoms with Gasteiger partial charge in [0.05, 0.1) is 27.2 Å². The van der Waals surface area contributed by atoms with Crippen molar-refractivity contribution in [1.29, 1.82) is 0 Å². The van der Waals surface area contributed by atoms with E-state index in [2.05, 4.69) is 15.0 Å². The van der Waals surface area contributed by atoms with Crippen molar-refractivity contribution in [2.75, 3.05) is 0 Å². The van der Waals surface area contributed by atoms with Crippen LogP contribution in [0.25, 0.3) is 22.0 Å². The van der Waals surface area contributed by atoms with Crippen LogP contribution in [0.4, 0.5) is 13.2 Å². The molecule has 2 aromatic carbocycles. The number of fused-ring (bicyclic) bond motifs is 1. The number of thiazole rings is 1. The molecule has 8 heteroatoms. The molecular formula is C20H14F3N3OS. The van der Waals surface area contributed by atoms with Crippen molar-refractivity contribution in [3.05, 3.63) is 80.3 Å². The van der Waals surface area contributed by atoms with Crippen LogP contribution in [0.5, 0.6) is 0 Å². The van der Waals surface area contributed by atoms with Gasteiger partial charge in [-0.3, -0.25) is 4.79 Å². The maximum atomic E-state index is 13.0. The molecule has 4 rings (SSSR count). The first-order valence-corrected chi connectivity index (χ1v) is 9.29. The summed E-state index contributed by atoms with van der Waals surface area (Å²) in [6.45, 7) is 1.90. The molecule has 1 N–H and O–H groups in total. The van der Waals surface area contributed by atoms with E-state index < -0.39 is 11.7 Å². The fourth-order valence-corrected chi connectivity index (χ4v) is 3.60. The molecule has 0 aliphatic heterocycles. The molecule has 0 unspecified atom stereocenters. The zero-order valence-corrected chi connectivity index (χ0v) is 15.5. The number of nitrogens with one attached hydrogen (secondary N) is 1. The highest BCUT2D eigenvalue weighted by atomic mass is 32.1. The summed E-state index contributed by atoms with van der Waals surface area (Å²) in [6, 6.07) is 9.90. The zero-order valence-electron chi connectivity index (χ0n) is 14.7. The largest absolute Gasteiger partial charge is 0.416 e. The van der Waals surface area contributed by atoms with E-state index in [1.807, 2.05) is 12.3 Å². The average Bonchev–Trinajstić information content (AvgIpc) is 3.05. The van der Waals surface area contributed by atoms with E-state index in [0.717, 1.165) is 22.8 Å². The molecule has 142 valence electrons. The molecule has 28 heavy (non-hydrogen) atoms. The first-order valence-electron chi connectivity index (χ1n) is 8.41. The van der Waals surface area contributed by atoms with E-state index in [9.17, 15) is 18.0 Å². The first-order chi connectivity index (χ1) is 13.3. The lowest BCUT2D eigenvalue weighted by molar-refractivity contribution is -0.137. The molecule has 0 aliphatic carbocycles. The van der Waals surface area contributed by atoms with Gasteiger partial charge < -0.3 is 4.98 Å². The Balaban J connectivity index is 1.73. The van der Waals surface area contributed by atoms with Crippen LogP contribution in [-0.2, 0) is 12.6 Å². The lowest BCUT2D eigenvalue weighted by Crippen LogP contribution is -2.12. The number of hydrogen-bond donors (Lipinski definition) is 1. The van der Waals surface area contributed by atoms with Crippen molar-refractivity contribution >= 4 is 22.2 Å². The highest BCUT2D eigenvalue weighted by Crippen LogP contribution is 2.32. The minimum atomic E-state index is -4.42. The number of alkyl halides is 3. The van der Waals surface area contributed by atoms with Gasteiger partial charge in [0.15, 0.2) is 0 Å². The standard InChI is InChI=1S/C20H14F3N3OS/c1-11-24-15(10-28-11)9-18-25-17-6-5-13(8-16(17)19(27)26-18)12-3-2-4-14(7-12)20(21,22)23/h2-8,10H,9H2,1H3,(H,25,26,27). The normalized spacial score (nSPS) is 11.9. The summed E-state index contributed by atoms with van der Waals surface area (Å²) in [5.74, 6) is 0.495. The van der Waals surface area contributed by atoms with Gasteiger partial charge in [0.1, 0.15) is 5.82 Å². The molecule has 0 amide bonds. The molecular weight excluding hydrogens is 387 g/mol. The van der Waals surface area contributed by atoms with Gasteiger partial charge in [-0.25, -0.2) is 9.97 Å². The van der Waals surface area contributed by atoms with Crippen LogP contribution in [0.15, 0.2) is 52.6 Å². The number of nitrogens with zero attached hydrogens (tertiary/aromatic N) is 2. The van der Waals surface area contributed by atoms with Crippen LogP contribution >= 0.6 is 11.3 Å². The fraction of sp³-hybridized carbons (Fsp3) is 0.150. The van der Waals surface area contributed by atoms with E-state index in [1.54, 1.807) is 24.3 Å². The lowest BCUT2D eigenvalue weighted by atomic mass is 10.0. The average molecular weight is 401 g/mol. The summed E-state index contributed by atoms with van der Waals surface area (Å²) < 4.78 is 38.9. The zero-order chi connectivity index (χ0) is 19.9. The molecule has 4 nitrogen and oxygen atoms in total. The Kier molecular flexibility index (Phi) is 4.50. The third kappa shape index (κ3) is 3.68. The van der Waals surface area contributed by atoms with E-state index in [4.69, 9.17) is 0 Å². The molecule has 0 aliphatic rings. The van der Waals surface area contributed by atoms with Crippen LogP contribution in [-0.4, -0.2) is 15.0 Å². The Morgan fingerprint density at radius 3 is 2.57 bits per heavy atom. The highest BCUT2D eigenvalue weighted by Gasteiger charge is 2.30. The smallest absolute Gasteiger partial charge is 0.310 e. The number of aryl methyl sites for hydroxylation is 1. The van der Waals surface area contributed by atoms with Gasteiger partial charge in [0.25, 0.3) is 5.56 Å². The monoisotopic (exact) mass is 401 g/mol. The van der Waals surface area contributed by atoms with Gasteiger partial charge in [0.2, 0.25) is 0 Å². The lowest BCUT2D eigenvalue weighted by Gasteiger charge is -2.09. The van der Waals surface area contributed by atoms with E-state index >= 15 is 0 Å². The molecule has 0 spiro atoms. The summed E-state index contributed by atoms with van der Waals surface area (Å²) in [7, 11) is 0. The fourth-order valence-electron chi connectivity index (χ4n) is 2.99. The van der Waals surface area contributed by atoms with Crippen molar-refractivity contribution in [3.8, 4) is 11.1 Å². The van der Waals surface area contributed by atoms with Gasteiger partial charge in [0, 0.05) is 11.8 Å². The number of aromatic amines is 1. The predicted molar refractivity (Wildman–Crippen MR) is 102 cm³/mol. The highest BCUT2D eigenvalue weighted by molar-refractivity contribution is 7.09. The molecule has 0 fully saturated rings. The van der Waals surface area contributed by atoms with E-state index in [0.29, 0.717) is 34.3 Å². The molecule has 0 atom stereocenters. The van der Waals surface area contributed by atoms with Crippen molar-refractivity contribution in [3.63, 3.8) is 0 Å². The molecule has 2 heterocycles. The molecule has 2 aromatic heterocycles. The second kappa shape index (κ2) is 6.87. The van der Waals surface area contributed by atoms with Gasteiger partial charge in [-0.15, -0.1) is 11.3 Å². The van der Waals surface area contributed by atoms with Crippen LogP contribution in [0.3, 0.4) is 0 Å². The second-order valence-electron chi connectivity index (χ2n) is 6.36. The third-order valence-electron chi connectivity index (χ3n) is 4.29. The van der Waals surface area contributed by atoms with Crippen molar-refractivity contribution < 1.29 is 13.2 Å². The van der Waals surface area contributed by atoms with Crippen molar-refractivity contribution in [2.24, 2.45) is 0 Å². The number of benzene rings is 2. The summed E-state index contributed by atoms with van der Waals surface area (Å²) in [5, 5.41) is 3.17. The number of halogens is 3. The van der Waals surface area contributed by atoms with Crippen molar-refractivity contribution in [2.45, 2.75) is 19.5 Å². The third-order valence-corrected chi connectivity index (χ3v) is 5.12. The van der Waals surface area contributed by atoms with Gasteiger partial charge in [-0.1, -0.05) is 18.2 Å². The van der Waals surface area contributed by atoms with Crippen molar-refractivity contribution in [1.82, 2.24) is 15.0 Å². The topological polar surface area (TPSA) is 58.6 Å². The molecule has 0 saturated heterocycles. The van der Waals surface area contributed by atoms with Gasteiger partial charge in [-0.05, 0) is 42.3 Å². The summed E-state index contributed by atoms with van der Waals surface area (Å²) in [4.78, 5) is 24.1. The summed E-state index contributed by atoms with van der Waals surface area (Å²) in [5.41, 5.74) is 1.16. The molecule has 0 saturated carbocycles. The second-order valence-corrected chi connectivity index (χ2v) is 7.42. The maximum absolute atomic E-state index is 13.0. The SMILES string of the molecule is Cc1nc(Cc2nc3ccc(-c4cccc(C(F)(F)F)c4)cc3c(=O)[nH]2)cs1. The Morgan fingerprint density at radius 1 is 1.07 bits per heavy atom. The molecule has 4 aromatic rings. The quantitative estimate of drug-likeness (QED) is 0.528. The minimum absolute atomic E-state index is 0.327. The van der Waals surface area contributed by atoms with Crippen LogP contribution < -0.4 is 5.56 Å². The van der Waals surface area contributed by atoms with Crippen LogP contribution in [0.1, 0.15) is 22.1 Å². The van der Waals surface area contributed by atoms with E-state index in [1.165, 1.54) is 17.4 Å². The summed E-state index contributed by atoms with van der Waals surface area (Å²) in [6.07, 6.45) is -4.01. The van der Waals surface area contributed by atoms with Crippen LogP contribution in [0, 0.1) is 6.92 Å². The van der Waals surface area contributed by atoms with E-state index in [-0.39, 0.29) is 5.56 Å². The summed E-state index contributed by atoms with van der Waals surface area (Å²) >= 11 is 1.52. The Bertz CT molecular complexity index is 1230. The first kappa shape index (κ1) is 18.4. The van der Waals surface area contributed by atoms with Crippen LogP contribution in [0.2, 0.25) is 0 Å². The Labute approximate surface area is 161 Å². The number of rotatable bonds is 3. The molecule has 0 bridgehead atoms. The number of H-pyrrole nitrogens is 1. The maximum Gasteiger partial charge on any atom is 0.416 e. The minimum Gasteiger partial charge on any atom is -0.310 e. The predicted octanol–water partition coefficient (Wildman–Crippen LogP) is 4.96. The van der Waals surface area contributed by atoms with Gasteiger partial charge >= 0.3 is 6.18 Å².